The Labute approximate surface area is 131 Å². The van der Waals surface area contributed by atoms with Crippen LogP contribution in [-0.4, -0.2) is 60.3 Å². The second kappa shape index (κ2) is 6.28. The monoisotopic (exact) mass is 313 g/mol. The van der Waals surface area contributed by atoms with E-state index in [-0.39, 0.29) is 23.2 Å². The smallest absolute Gasteiger partial charge is 0.341 e. The predicted molar refractivity (Wildman–Crippen MR) is 81.7 cm³/mol. The van der Waals surface area contributed by atoms with Gasteiger partial charge in [-0.15, -0.1) is 0 Å². The Kier molecular flexibility index (Phi) is 4.96. The van der Waals surface area contributed by atoms with Crippen LogP contribution in [0.5, 0.6) is 0 Å². The van der Waals surface area contributed by atoms with Gasteiger partial charge in [0.2, 0.25) is 0 Å². The van der Waals surface area contributed by atoms with Crippen LogP contribution < -0.4 is 0 Å². The molecular formula is C16H27NO5. The van der Waals surface area contributed by atoms with Gasteiger partial charge in [0.1, 0.15) is 12.6 Å². The highest BCUT2D eigenvalue weighted by atomic mass is 16.6. The summed E-state index contributed by atoms with van der Waals surface area (Å²) in [6, 6.07) is -0.0835. The standard InChI is InChI=1S/C16H27NO5/c1-11(2)16(19,12(3)21-4)15(18)22-10-13-7-9-17(20)8-5-6-14(13)17/h7,11-12,14,19H,5-6,8-10H2,1-4H3/t12-,14-,16-,17-/m1/s1. The van der Waals surface area contributed by atoms with Gasteiger partial charge in [-0.05, 0) is 18.9 Å². The van der Waals surface area contributed by atoms with Gasteiger partial charge >= 0.3 is 5.97 Å². The first-order valence-corrected chi connectivity index (χ1v) is 7.94. The summed E-state index contributed by atoms with van der Waals surface area (Å²) < 4.78 is 10.3. The molecule has 1 saturated heterocycles. The van der Waals surface area contributed by atoms with E-state index in [0.717, 1.165) is 18.4 Å². The molecule has 0 saturated carbocycles. The van der Waals surface area contributed by atoms with Gasteiger partial charge in [-0.3, -0.25) is 0 Å². The quantitative estimate of drug-likeness (QED) is 0.347. The number of quaternary nitrogens is 1. The summed E-state index contributed by atoms with van der Waals surface area (Å²) in [7, 11) is 1.45. The highest BCUT2D eigenvalue weighted by Crippen LogP contribution is 2.36. The summed E-state index contributed by atoms with van der Waals surface area (Å²) in [5.74, 6) is -1.03. The lowest BCUT2D eigenvalue weighted by molar-refractivity contribution is -0.875. The van der Waals surface area contributed by atoms with Gasteiger partial charge in [-0.25, -0.2) is 4.79 Å². The third-order valence-corrected chi connectivity index (χ3v) is 5.22. The maximum atomic E-state index is 12.5. The summed E-state index contributed by atoms with van der Waals surface area (Å²) >= 11 is 0. The lowest BCUT2D eigenvalue weighted by atomic mass is 9.85. The van der Waals surface area contributed by atoms with E-state index in [0.29, 0.717) is 13.1 Å². The average Bonchev–Trinajstić information content (AvgIpc) is 2.99. The van der Waals surface area contributed by atoms with Crippen LogP contribution in [0.3, 0.4) is 0 Å². The average molecular weight is 313 g/mol. The Hall–Kier alpha value is -0.950. The van der Waals surface area contributed by atoms with Crippen LogP contribution in [0.25, 0.3) is 0 Å². The molecule has 2 aliphatic heterocycles. The maximum Gasteiger partial charge on any atom is 0.341 e. The minimum absolute atomic E-state index is 0.0806. The van der Waals surface area contributed by atoms with E-state index < -0.39 is 17.7 Å². The van der Waals surface area contributed by atoms with Crippen molar-refractivity contribution in [1.82, 2.24) is 0 Å². The molecule has 0 aromatic rings. The zero-order valence-electron chi connectivity index (χ0n) is 13.9. The first-order valence-electron chi connectivity index (χ1n) is 7.94. The third-order valence-electron chi connectivity index (χ3n) is 5.22. The summed E-state index contributed by atoms with van der Waals surface area (Å²) in [4.78, 5) is 12.4. The molecule has 0 radical (unpaired) electrons. The number of rotatable bonds is 6. The largest absolute Gasteiger partial charge is 0.632 e. The molecule has 4 atom stereocenters. The third kappa shape index (κ3) is 2.80. The zero-order valence-corrected chi connectivity index (χ0v) is 13.9. The second-order valence-electron chi connectivity index (χ2n) is 6.73. The van der Waals surface area contributed by atoms with Crippen LogP contribution in [0.1, 0.15) is 33.6 Å². The number of carbonyl (C=O) groups excluding carboxylic acids is 1. The van der Waals surface area contributed by atoms with Crippen molar-refractivity contribution in [3.05, 3.63) is 16.9 Å². The molecule has 0 aliphatic carbocycles. The first kappa shape index (κ1) is 17.4. The van der Waals surface area contributed by atoms with Gasteiger partial charge in [0.05, 0.1) is 19.2 Å². The van der Waals surface area contributed by atoms with Crippen molar-refractivity contribution in [1.29, 1.82) is 0 Å². The molecule has 22 heavy (non-hydrogen) atoms. The topological polar surface area (TPSA) is 78.8 Å². The van der Waals surface area contributed by atoms with E-state index >= 15 is 0 Å². The van der Waals surface area contributed by atoms with E-state index in [2.05, 4.69) is 0 Å². The molecule has 0 amide bonds. The Morgan fingerprint density at radius 3 is 2.82 bits per heavy atom. The van der Waals surface area contributed by atoms with Crippen molar-refractivity contribution in [2.75, 3.05) is 26.8 Å². The number of esters is 1. The van der Waals surface area contributed by atoms with Gasteiger partial charge in [-0.2, -0.15) is 0 Å². The Bertz CT molecular complexity index is 463. The number of ether oxygens (including phenoxy) is 2. The van der Waals surface area contributed by atoms with E-state index in [4.69, 9.17) is 9.47 Å². The molecular weight excluding hydrogens is 286 g/mol. The molecule has 0 spiro atoms. The molecule has 0 aromatic carbocycles. The normalized spacial score (nSPS) is 31.6. The fraction of sp³-hybridized carbons (Fsp3) is 0.812. The van der Waals surface area contributed by atoms with Gasteiger partial charge in [0.15, 0.2) is 5.60 Å². The van der Waals surface area contributed by atoms with Gasteiger partial charge < -0.3 is 24.4 Å². The van der Waals surface area contributed by atoms with Crippen molar-refractivity contribution in [2.45, 2.75) is 51.4 Å². The van der Waals surface area contributed by atoms with Gasteiger partial charge in [0, 0.05) is 25.5 Å². The van der Waals surface area contributed by atoms with Crippen LogP contribution in [0, 0.1) is 11.1 Å². The summed E-state index contributed by atoms with van der Waals surface area (Å²) in [6.07, 6.45) is 2.97. The minimum Gasteiger partial charge on any atom is -0.632 e. The maximum absolute atomic E-state index is 12.5. The predicted octanol–water partition coefficient (Wildman–Crippen LogP) is 1.37. The number of nitrogens with zero attached hydrogens (tertiary/aromatic N) is 1. The van der Waals surface area contributed by atoms with Crippen molar-refractivity contribution in [3.63, 3.8) is 0 Å². The Morgan fingerprint density at radius 1 is 1.55 bits per heavy atom. The fourth-order valence-electron chi connectivity index (χ4n) is 3.53. The van der Waals surface area contributed by atoms with Crippen LogP contribution in [0.2, 0.25) is 0 Å². The molecule has 2 rings (SSSR count). The second-order valence-corrected chi connectivity index (χ2v) is 6.73. The van der Waals surface area contributed by atoms with E-state index in [9.17, 15) is 15.1 Å². The lowest BCUT2D eigenvalue weighted by Crippen LogP contribution is -2.54. The molecule has 6 heteroatoms. The van der Waals surface area contributed by atoms with Crippen molar-refractivity contribution < 1.29 is 24.0 Å². The number of aliphatic hydroxyl groups is 1. The highest BCUT2D eigenvalue weighted by Gasteiger charge is 2.47. The number of hydrogen-bond donors (Lipinski definition) is 1. The molecule has 1 fully saturated rings. The molecule has 1 N–H and O–H groups in total. The first-order chi connectivity index (χ1) is 10.3. The highest BCUT2D eigenvalue weighted by molar-refractivity contribution is 5.80. The zero-order chi connectivity index (χ0) is 16.5. The van der Waals surface area contributed by atoms with E-state index in [1.807, 2.05) is 6.08 Å². The fourth-order valence-corrected chi connectivity index (χ4v) is 3.53. The van der Waals surface area contributed by atoms with Crippen molar-refractivity contribution in [2.24, 2.45) is 5.92 Å². The number of methoxy groups -OCH3 is 1. The van der Waals surface area contributed by atoms with Crippen molar-refractivity contribution >= 4 is 5.97 Å². The van der Waals surface area contributed by atoms with Crippen LogP contribution >= 0.6 is 0 Å². The number of hydrogen-bond acceptors (Lipinski definition) is 5. The van der Waals surface area contributed by atoms with Gasteiger partial charge in [0.25, 0.3) is 0 Å². The van der Waals surface area contributed by atoms with Crippen LogP contribution in [0.4, 0.5) is 0 Å². The molecule has 2 aliphatic rings. The number of fused-ring (bicyclic) bond motifs is 1. The van der Waals surface area contributed by atoms with E-state index in [1.165, 1.54) is 7.11 Å². The van der Waals surface area contributed by atoms with Crippen LogP contribution in [-0.2, 0) is 14.3 Å². The van der Waals surface area contributed by atoms with Crippen molar-refractivity contribution in [3.8, 4) is 0 Å². The molecule has 6 nitrogen and oxygen atoms in total. The van der Waals surface area contributed by atoms with Gasteiger partial charge in [-0.1, -0.05) is 13.8 Å². The molecule has 0 bridgehead atoms. The van der Waals surface area contributed by atoms with Crippen LogP contribution in [0.15, 0.2) is 11.6 Å². The lowest BCUT2D eigenvalue weighted by Gasteiger charge is -2.40. The molecule has 0 unspecified atom stereocenters. The number of hydroxylamine groups is 3. The summed E-state index contributed by atoms with van der Waals surface area (Å²) in [5.41, 5.74) is -0.801. The molecule has 2 heterocycles. The molecule has 126 valence electrons. The van der Waals surface area contributed by atoms with E-state index in [1.54, 1.807) is 20.8 Å². The Balaban J connectivity index is 2.00. The molecule has 0 aromatic heterocycles. The Morgan fingerprint density at radius 2 is 2.23 bits per heavy atom. The number of carbonyl (C=O) groups is 1. The minimum atomic E-state index is -1.69. The SMILES string of the molecule is CO[C@H](C)[C@@](O)(C(=O)OCC1=CC[N@+]2([O-])CCC[C@H]12)C(C)C. The summed E-state index contributed by atoms with van der Waals surface area (Å²) in [6.45, 7) is 6.32. The summed E-state index contributed by atoms with van der Waals surface area (Å²) in [5, 5.41) is 23.1.